The van der Waals surface area contributed by atoms with Crippen molar-refractivity contribution in [3.63, 3.8) is 0 Å². The highest BCUT2D eigenvalue weighted by Crippen LogP contribution is 2.26. The maximum Gasteiger partial charge on any atom is -0.0132 e. The summed E-state index contributed by atoms with van der Waals surface area (Å²) in [6, 6.07) is 18.1. The van der Waals surface area contributed by atoms with Crippen LogP contribution in [-0.2, 0) is 11.8 Å². The molecule has 0 aromatic heterocycles. The van der Waals surface area contributed by atoms with Crippen molar-refractivity contribution < 1.29 is 0 Å². The van der Waals surface area contributed by atoms with Gasteiger partial charge in [0.2, 0.25) is 0 Å². The zero-order valence-electron chi connectivity index (χ0n) is 15.5. The second-order valence-corrected chi connectivity index (χ2v) is 7.93. The van der Waals surface area contributed by atoms with E-state index in [1.807, 2.05) is 0 Å². The van der Waals surface area contributed by atoms with Crippen LogP contribution in [0.15, 0.2) is 48.5 Å². The van der Waals surface area contributed by atoms with Gasteiger partial charge < -0.3 is 0 Å². The Kier molecular flexibility index (Phi) is 6.04. The summed E-state index contributed by atoms with van der Waals surface area (Å²) in [5.74, 6) is 0.857. The van der Waals surface area contributed by atoms with Gasteiger partial charge in [-0.15, -0.1) is 0 Å². The first-order valence-electron chi connectivity index (χ1n) is 9.10. The summed E-state index contributed by atoms with van der Waals surface area (Å²) in [5, 5.41) is 0. The SMILES string of the molecule is CCC(C)CCCc1ccc(-c2ccc(C(C)(C)C)cc2)cc1. The van der Waals surface area contributed by atoms with E-state index in [2.05, 4.69) is 83.1 Å². The molecule has 0 bridgehead atoms. The zero-order valence-corrected chi connectivity index (χ0v) is 15.5. The van der Waals surface area contributed by atoms with Gasteiger partial charge in [-0.2, -0.15) is 0 Å². The molecule has 0 aliphatic heterocycles. The molecule has 0 spiro atoms. The van der Waals surface area contributed by atoms with Gasteiger partial charge in [0.05, 0.1) is 0 Å². The summed E-state index contributed by atoms with van der Waals surface area (Å²) >= 11 is 0. The number of hydrogen-bond acceptors (Lipinski definition) is 0. The van der Waals surface area contributed by atoms with E-state index in [-0.39, 0.29) is 5.41 Å². The summed E-state index contributed by atoms with van der Waals surface area (Å²) in [6.45, 7) is 11.4. The Morgan fingerprint density at radius 2 is 1.35 bits per heavy atom. The van der Waals surface area contributed by atoms with E-state index in [0.717, 1.165) is 5.92 Å². The molecule has 0 nitrogen and oxygen atoms in total. The Balaban J connectivity index is 1.99. The minimum atomic E-state index is 0.220. The molecule has 0 heteroatoms. The largest absolute Gasteiger partial charge is 0.0651 e. The van der Waals surface area contributed by atoms with Gasteiger partial charge in [-0.1, -0.05) is 96.0 Å². The van der Waals surface area contributed by atoms with Crippen LogP contribution in [0.3, 0.4) is 0 Å². The molecule has 0 saturated carbocycles. The average molecular weight is 309 g/mol. The van der Waals surface area contributed by atoms with Crippen molar-refractivity contribution in [2.75, 3.05) is 0 Å². The van der Waals surface area contributed by atoms with Gasteiger partial charge in [0.25, 0.3) is 0 Å². The van der Waals surface area contributed by atoms with E-state index in [9.17, 15) is 0 Å². The van der Waals surface area contributed by atoms with Crippen molar-refractivity contribution in [2.45, 2.75) is 65.7 Å². The van der Waals surface area contributed by atoms with Gasteiger partial charge in [-0.3, -0.25) is 0 Å². The van der Waals surface area contributed by atoms with Crippen LogP contribution in [0.1, 0.15) is 65.0 Å². The molecule has 2 aromatic carbocycles. The van der Waals surface area contributed by atoms with Crippen molar-refractivity contribution in [2.24, 2.45) is 5.92 Å². The van der Waals surface area contributed by atoms with Crippen LogP contribution in [0.25, 0.3) is 11.1 Å². The molecule has 0 amide bonds. The van der Waals surface area contributed by atoms with Crippen LogP contribution in [-0.4, -0.2) is 0 Å². The molecule has 1 unspecified atom stereocenters. The number of hydrogen-bond donors (Lipinski definition) is 0. The second-order valence-electron chi connectivity index (χ2n) is 7.93. The Labute approximate surface area is 143 Å². The normalized spacial score (nSPS) is 13.1. The van der Waals surface area contributed by atoms with Gasteiger partial charge in [-0.25, -0.2) is 0 Å². The van der Waals surface area contributed by atoms with Crippen LogP contribution < -0.4 is 0 Å². The van der Waals surface area contributed by atoms with Crippen LogP contribution in [0.5, 0.6) is 0 Å². The van der Waals surface area contributed by atoms with Crippen LogP contribution in [0.2, 0.25) is 0 Å². The Morgan fingerprint density at radius 3 is 1.83 bits per heavy atom. The lowest BCUT2D eigenvalue weighted by molar-refractivity contribution is 0.496. The quantitative estimate of drug-likeness (QED) is 0.538. The number of aryl methyl sites for hydroxylation is 1. The fourth-order valence-electron chi connectivity index (χ4n) is 2.89. The highest BCUT2D eigenvalue weighted by atomic mass is 14.2. The molecule has 2 aromatic rings. The van der Waals surface area contributed by atoms with E-state index in [1.54, 1.807) is 0 Å². The van der Waals surface area contributed by atoms with Gasteiger partial charge in [0, 0.05) is 0 Å². The molecule has 0 fully saturated rings. The molecule has 0 heterocycles. The molecule has 124 valence electrons. The summed E-state index contributed by atoms with van der Waals surface area (Å²) in [6.07, 6.45) is 5.14. The van der Waals surface area contributed by atoms with Crippen molar-refractivity contribution in [1.29, 1.82) is 0 Å². The molecular weight excluding hydrogens is 276 g/mol. The third kappa shape index (κ3) is 5.23. The molecule has 0 aliphatic carbocycles. The average Bonchev–Trinajstić information content (AvgIpc) is 2.54. The highest BCUT2D eigenvalue weighted by molar-refractivity contribution is 5.64. The molecule has 23 heavy (non-hydrogen) atoms. The lowest BCUT2D eigenvalue weighted by atomic mass is 9.86. The predicted molar refractivity (Wildman–Crippen MR) is 103 cm³/mol. The van der Waals surface area contributed by atoms with E-state index in [4.69, 9.17) is 0 Å². The van der Waals surface area contributed by atoms with E-state index in [1.165, 1.54) is 47.9 Å². The van der Waals surface area contributed by atoms with E-state index >= 15 is 0 Å². The Morgan fingerprint density at radius 1 is 0.826 bits per heavy atom. The summed E-state index contributed by atoms with van der Waals surface area (Å²) < 4.78 is 0. The molecule has 1 atom stereocenters. The second kappa shape index (κ2) is 7.81. The molecule has 0 saturated heterocycles. The number of benzene rings is 2. The first-order chi connectivity index (χ1) is 10.9. The first kappa shape index (κ1) is 17.8. The van der Waals surface area contributed by atoms with Gasteiger partial charge in [0.15, 0.2) is 0 Å². The van der Waals surface area contributed by atoms with Crippen LogP contribution in [0.4, 0.5) is 0 Å². The standard InChI is InChI=1S/C23H32/c1-6-18(2)8-7-9-19-10-12-20(13-11-19)21-14-16-22(17-15-21)23(3,4)5/h10-18H,6-9H2,1-5H3. The monoisotopic (exact) mass is 308 g/mol. The van der Waals surface area contributed by atoms with Gasteiger partial charge >= 0.3 is 0 Å². The smallest absolute Gasteiger partial charge is 0.0132 e. The van der Waals surface area contributed by atoms with Crippen molar-refractivity contribution >= 4 is 0 Å². The zero-order chi connectivity index (χ0) is 16.9. The third-order valence-corrected chi connectivity index (χ3v) is 4.90. The van der Waals surface area contributed by atoms with Crippen LogP contribution in [0, 0.1) is 5.92 Å². The molecular formula is C23H32. The lowest BCUT2D eigenvalue weighted by Crippen LogP contribution is -2.10. The Hall–Kier alpha value is -1.56. The molecule has 0 N–H and O–H groups in total. The summed E-state index contributed by atoms with van der Waals surface area (Å²) in [7, 11) is 0. The highest BCUT2D eigenvalue weighted by Gasteiger charge is 2.12. The first-order valence-corrected chi connectivity index (χ1v) is 9.10. The fraction of sp³-hybridized carbons (Fsp3) is 0.478. The fourth-order valence-corrected chi connectivity index (χ4v) is 2.89. The maximum atomic E-state index is 2.35. The van der Waals surface area contributed by atoms with Crippen molar-refractivity contribution in [3.05, 3.63) is 59.7 Å². The van der Waals surface area contributed by atoms with Crippen molar-refractivity contribution in [1.82, 2.24) is 0 Å². The van der Waals surface area contributed by atoms with E-state index in [0.29, 0.717) is 0 Å². The summed E-state index contributed by atoms with van der Waals surface area (Å²) in [4.78, 5) is 0. The third-order valence-electron chi connectivity index (χ3n) is 4.90. The van der Waals surface area contributed by atoms with Gasteiger partial charge in [0.1, 0.15) is 0 Å². The maximum absolute atomic E-state index is 2.35. The molecule has 0 radical (unpaired) electrons. The minimum absolute atomic E-state index is 0.220. The van der Waals surface area contributed by atoms with Crippen LogP contribution >= 0.6 is 0 Å². The molecule has 2 rings (SSSR count). The topological polar surface area (TPSA) is 0 Å². The van der Waals surface area contributed by atoms with Crippen molar-refractivity contribution in [3.8, 4) is 11.1 Å². The number of rotatable bonds is 6. The van der Waals surface area contributed by atoms with Gasteiger partial charge in [-0.05, 0) is 46.4 Å². The molecule has 0 aliphatic rings. The summed E-state index contributed by atoms with van der Waals surface area (Å²) in [5.41, 5.74) is 5.70. The van der Waals surface area contributed by atoms with E-state index < -0.39 is 0 Å². The Bertz CT molecular complexity index is 581. The lowest BCUT2D eigenvalue weighted by Gasteiger charge is -2.19. The minimum Gasteiger partial charge on any atom is -0.0651 e. The predicted octanol–water partition coefficient (Wildman–Crippen LogP) is 7.02.